The van der Waals surface area contributed by atoms with Gasteiger partial charge in [-0.1, -0.05) is 41.7 Å². The van der Waals surface area contributed by atoms with Gasteiger partial charge in [0, 0.05) is 5.02 Å². The molecule has 22 heavy (non-hydrogen) atoms. The Hall–Kier alpha value is -1.39. The summed E-state index contributed by atoms with van der Waals surface area (Å²) in [4.78, 5) is 4.72. The Bertz CT molecular complexity index is 669. The van der Waals surface area contributed by atoms with Gasteiger partial charge in [-0.3, -0.25) is 0 Å². The summed E-state index contributed by atoms with van der Waals surface area (Å²) in [5.74, 6) is 1.40. The van der Waals surface area contributed by atoms with Crippen molar-refractivity contribution in [2.75, 3.05) is 0 Å². The van der Waals surface area contributed by atoms with Crippen LogP contribution in [0.2, 0.25) is 5.02 Å². The zero-order valence-corrected chi connectivity index (χ0v) is 13.3. The highest BCUT2D eigenvalue weighted by Crippen LogP contribution is 2.47. The third-order valence-corrected chi connectivity index (χ3v) is 5.63. The van der Waals surface area contributed by atoms with Crippen LogP contribution in [-0.4, -0.2) is 10.1 Å². The fraction of sp³-hybridized carbons (Fsp3) is 0.529. The van der Waals surface area contributed by atoms with Crippen LogP contribution in [0.25, 0.3) is 0 Å². The molecular formula is C17H20ClN3O. The molecule has 1 heterocycles. The van der Waals surface area contributed by atoms with Crippen molar-refractivity contribution < 1.29 is 4.52 Å². The minimum Gasteiger partial charge on any atom is -0.338 e. The Morgan fingerprint density at radius 3 is 2.27 bits per heavy atom. The number of halogens is 1. The molecule has 2 fully saturated rings. The fourth-order valence-electron chi connectivity index (χ4n) is 3.77. The maximum Gasteiger partial charge on any atom is 0.237 e. The van der Waals surface area contributed by atoms with Crippen molar-refractivity contribution in [1.82, 2.24) is 10.1 Å². The molecule has 0 bridgehead atoms. The first-order valence-electron chi connectivity index (χ1n) is 8.02. The van der Waals surface area contributed by atoms with Gasteiger partial charge in [-0.2, -0.15) is 4.98 Å². The molecule has 1 aromatic heterocycles. The van der Waals surface area contributed by atoms with Crippen molar-refractivity contribution in [3.8, 4) is 0 Å². The Labute approximate surface area is 135 Å². The second-order valence-electron chi connectivity index (χ2n) is 6.73. The van der Waals surface area contributed by atoms with Crippen LogP contribution < -0.4 is 5.73 Å². The summed E-state index contributed by atoms with van der Waals surface area (Å²) >= 11 is 6.03. The molecule has 2 N–H and O–H groups in total. The van der Waals surface area contributed by atoms with Gasteiger partial charge in [0.05, 0.1) is 11.0 Å². The van der Waals surface area contributed by atoms with E-state index in [0.717, 1.165) is 43.0 Å². The predicted octanol–water partition coefficient (Wildman–Crippen LogP) is 3.92. The lowest BCUT2D eigenvalue weighted by Crippen LogP contribution is -2.44. The largest absolute Gasteiger partial charge is 0.338 e. The highest BCUT2D eigenvalue weighted by molar-refractivity contribution is 6.30. The maximum absolute atomic E-state index is 6.34. The van der Waals surface area contributed by atoms with E-state index in [-0.39, 0.29) is 11.0 Å². The number of aromatic nitrogens is 2. The van der Waals surface area contributed by atoms with Crippen LogP contribution in [0.15, 0.2) is 28.8 Å². The van der Waals surface area contributed by atoms with E-state index >= 15 is 0 Å². The quantitative estimate of drug-likeness (QED) is 0.931. The molecule has 0 spiro atoms. The maximum atomic E-state index is 6.34. The van der Waals surface area contributed by atoms with Crippen LogP contribution in [0.3, 0.4) is 0 Å². The monoisotopic (exact) mass is 317 g/mol. The molecule has 2 aromatic rings. The van der Waals surface area contributed by atoms with Gasteiger partial charge in [0.2, 0.25) is 5.89 Å². The number of nitrogens with two attached hydrogens (primary N) is 1. The van der Waals surface area contributed by atoms with Crippen molar-refractivity contribution >= 4 is 11.6 Å². The van der Waals surface area contributed by atoms with Crippen LogP contribution >= 0.6 is 11.6 Å². The summed E-state index contributed by atoms with van der Waals surface area (Å²) in [5, 5.41) is 4.95. The Morgan fingerprint density at radius 2 is 1.68 bits per heavy atom. The van der Waals surface area contributed by atoms with E-state index in [2.05, 4.69) is 17.3 Å². The first kappa shape index (κ1) is 14.2. The van der Waals surface area contributed by atoms with Gasteiger partial charge >= 0.3 is 0 Å². The van der Waals surface area contributed by atoms with Crippen LogP contribution in [0.1, 0.15) is 62.2 Å². The summed E-state index contributed by atoms with van der Waals surface area (Å²) in [6, 6.07) is 8.04. The molecule has 4 rings (SSSR count). The third kappa shape index (κ3) is 2.09. The number of hydrogen-bond donors (Lipinski definition) is 1. The number of nitrogens with zero attached hydrogens (tertiary/aromatic N) is 2. The standard InChI is InChI=1S/C17H20ClN3O/c18-13-6-4-12(5-7-13)16(8-1-2-9-16)15-20-14(21-22-15)17(19)10-3-11-17/h4-7H,1-3,8-11,19H2. The normalized spacial score (nSPS) is 22.5. The first-order chi connectivity index (χ1) is 10.6. The topological polar surface area (TPSA) is 64.9 Å². The zero-order chi connectivity index (χ0) is 15.2. The van der Waals surface area contributed by atoms with Gasteiger partial charge < -0.3 is 10.3 Å². The molecular weight excluding hydrogens is 298 g/mol. The average Bonchev–Trinajstić information content (AvgIpc) is 3.15. The minimum absolute atomic E-state index is 0.171. The lowest BCUT2D eigenvalue weighted by atomic mass is 9.76. The minimum atomic E-state index is -0.373. The molecule has 0 saturated heterocycles. The van der Waals surface area contributed by atoms with Gasteiger partial charge in [0.1, 0.15) is 0 Å². The van der Waals surface area contributed by atoms with Crippen LogP contribution in [-0.2, 0) is 11.0 Å². The second kappa shape index (κ2) is 5.07. The highest BCUT2D eigenvalue weighted by atomic mass is 35.5. The molecule has 0 atom stereocenters. The average molecular weight is 318 g/mol. The highest BCUT2D eigenvalue weighted by Gasteiger charge is 2.45. The van der Waals surface area contributed by atoms with Gasteiger partial charge in [0.15, 0.2) is 5.82 Å². The second-order valence-corrected chi connectivity index (χ2v) is 7.17. The van der Waals surface area contributed by atoms with E-state index in [0.29, 0.717) is 5.82 Å². The van der Waals surface area contributed by atoms with Gasteiger partial charge in [0.25, 0.3) is 0 Å². The zero-order valence-electron chi connectivity index (χ0n) is 12.5. The molecule has 2 saturated carbocycles. The molecule has 0 amide bonds. The van der Waals surface area contributed by atoms with Crippen LogP contribution in [0.5, 0.6) is 0 Å². The summed E-state index contributed by atoms with van der Waals surface area (Å²) in [6.45, 7) is 0. The lowest BCUT2D eigenvalue weighted by Gasteiger charge is -2.34. The van der Waals surface area contributed by atoms with Gasteiger partial charge in [-0.05, 0) is 49.8 Å². The Kier molecular flexibility index (Phi) is 3.27. The van der Waals surface area contributed by atoms with Gasteiger partial charge in [-0.15, -0.1) is 0 Å². The third-order valence-electron chi connectivity index (χ3n) is 5.38. The summed E-state index contributed by atoms with van der Waals surface area (Å²) in [7, 11) is 0. The van der Waals surface area contributed by atoms with E-state index in [1.807, 2.05) is 12.1 Å². The van der Waals surface area contributed by atoms with E-state index in [4.69, 9.17) is 26.8 Å². The molecule has 0 unspecified atom stereocenters. The molecule has 2 aliphatic carbocycles. The molecule has 1 aromatic carbocycles. The van der Waals surface area contributed by atoms with E-state index < -0.39 is 0 Å². The van der Waals surface area contributed by atoms with E-state index in [1.165, 1.54) is 18.4 Å². The molecule has 2 aliphatic rings. The molecule has 5 heteroatoms. The van der Waals surface area contributed by atoms with Crippen molar-refractivity contribution in [2.45, 2.75) is 55.9 Å². The summed E-state index contributed by atoms with van der Waals surface area (Å²) < 4.78 is 5.68. The SMILES string of the molecule is NC1(c2noc(C3(c4ccc(Cl)cc4)CCCC3)n2)CCC1. The Balaban J connectivity index is 1.74. The van der Waals surface area contributed by atoms with Crippen LogP contribution in [0.4, 0.5) is 0 Å². The number of rotatable bonds is 3. The van der Waals surface area contributed by atoms with Crippen molar-refractivity contribution in [2.24, 2.45) is 5.73 Å². The fourth-order valence-corrected chi connectivity index (χ4v) is 3.90. The van der Waals surface area contributed by atoms with Crippen LogP contribution in [0, 0.1) is 0 Å². The van der Waals surface area contributed by atoms with Crippen molar-refractivity contribution in [3.63, 3.8) is 0 Å². The summed E-state index contributed by atoms with van der Waals surface area (Å²) in [5.41, 5.74) is 7.00. The van der Waals surface area contributed by atoms with E-state index in [1.54, 1.807) is 0 Å². The molecule has 0 radical (unpaired) electrons. The molecule has 116 valence electrons. The first-order valence-corrected chi connectivity index (χ1v) is 8.40. The number of benzene rings is 1. The summed E-state index contributed by atoms with van der Waals surface area (Å²) in [6.07, 6.45) is 7.45. The smallest absolute Gasteiger partial charge is 0.237 e. The Morgan fingerprint density at radius 1 is 1.00 bits per heavy atom. The predicted molar refractivity (Wildman–Crippen MR) is 84.7 cm³/mol. The molecule has 0 aliphatic heterocycles. The number of hydrogen-bond acceptors (Lipinski definition) is 4. The van der Waals surface area contributed by atoms with E-state index in [9.17, 15) is 0 Å². The van der Waals surface area contributed by atoms with Gasteiger partial charge in [-0.25, -0.2) is 0 Å². The molecule has 4 nitrogen and oxygen atoms in total. The van der Waals surface area contributed by atoms with Crippen molar-refractivity contribution in [3.05, 3.63) is 46.6 Å². The lowest BCUT2D eigenvalue weighted by molar-refractivity contribution is 0.227. The van der Waals surface area contributed by atoms with Crippen molar-refractivity contribution in [1.29, 1.82) is 0 Å².